The summed E-state index contributed by atoms with van der Waals surface area (Å²) in [6.07, 6.45) is 1.09. The lowest BCUT2D eigenvalue weighted by Gasteiger charge is -2.13. The number of rotatable bonds is 6. The first-order valence-corrected chi connectivity index (χ1v) is 3.22. The number of ether oxygens (including phenoxy) is 3. The van der Waals surface area contributed by atoms with E-state index in [2.05, 4.69) is 6.58 Å². The highest BCUT2D eigenvalue weighted by Crippen LogP contribution is 1.93. The molecule has 0 saturated heterocycles. The SMILES string of the molecule is C=COCC(OC)OCC. The summed E-state index contributed by atoms with van der Waals surface area (Å²) in [5.74, 6) is 0. The second-order valence-corrected chi connectivity index (χ2v) is 1.62. The molecule has 0 rings (SSSR count). The topological polar surface area (TPSA) is 27.7 Å². The van der Waals surface area contributed by atoms with E-state index < -0.39 is 0 Å². The van der Waals surface area contributed by atoms with Crippen LogP contribution in [0.1, 0.15) is 6.92 Å². The highest BCUT2D eigenvalue weighted by Gasteiger charge is 2.04. The van der Waals surface area contributed by atoms with Crippen LogP contribution in [0, 0.1) is 0 Å². The highest BCUT2D eigenvalue weighted by atomic mass is 16.7. The van der Waals surface area contributed by atoms with E-state index in [4.69, 9.17) is 14.2 Å². The molecule has 0 amide bonds. The first-order chi connectivity index (χ1) is 4.85. The van der Waals surface area contributed by atoms with Gasteiger partial charge in [-0.15, -0.1) is 0 Å². The Morgan fingerprint density at radius 2 is 2.30 bits per heavy atom. The fourth-order valence-electron chi connectivity index (χ4n) is 0.517. The van der Waals surface area contributed by atoms with Crippen LogP contribution in [0.2, 0.25) is 0 Å². The van der Waals surface area contributed by atoms with Crippen LogP contribution in [-0.4, -0.2) is 26.6 Å². The molecule has 3 heteroatoms. The quantitative estimate of drug-likeness (QED) is 0.415. The normalized spacial score (nSPS) is 12.6. The highest BCUT2D eigenvalue weighted by molar-refractivity contribution is 4.50. The molecule has 0 bridgehead atoms. The van der Waals surface area contributed by atoms with Crippen molar-refractivity contribution in [3.63, 3.8) is 0 Å². The summed E-state index contributed by atoms with van der Waals surface area (Å²) in [6, 6.07) is 0. The van der Waals surface area contributed by atoms with E-state index in [1.165, 1.54) is 6.26 Å². The van der Waals surface area contributed by atoms with Crippen LogP contribution < -0.4 is 0 Å². The van der Waals surface area contributed by atoms with Crippen molar-refractivity contribution in [3.05, 3.63) is 12.8 Å². The third kappa shape index (κ3) is 4.35. The molecule has 0 saturated carbocycles. The molecule has 0 aromatic carbocycles. The van der Waals surface area contributed by atoms with Crippen LogP contribution >= 0.6 is 0 Å². The van der Waals surface area contributed by atoms with Crippen molar-refractivity contribution in [2.75, 3.05) is 20.3 Å². The molecular formula is C7H14O3. The van der Waals surface area contributed by atoms with E-state index in [1.807, 2.05) is 6.92 Å². The minimum atomic E-state index is -0.275. The first kappa shape index (κ1) is 9.46. The summed E-state index contributed by atoms with van der Waals surface area (Å²) < 4.78 is 14.8. The zero-order valence-electron chi connectivity index (χ0n) is 6.50. The summed E-state index contributed by atoms with van der Waals surface area (Å²) in [7, 11) is 1.58. The minimum absolute atomic E-state index is 0.275. The lowest BCUT2D eigenvalue weighted by molar-refractivity contribution is -0.144. The third-order valence-electron chi connectivity index (χ3n) is 0.966. The Labute approximate surface area is 61.6 Å². The van der Waals surface area contributed by atoms with Crippen molar-refractivity contribution >= 4 is 0 Å². The molecule has 0 aromatic heterocycles. The minimum Gasteiger partial charge on any atom is -0.497 e. The summed E-state index contributed by atoms with van der Waals surface area (Å²) in [5, 5.41) is 0. The molecule has 0 aliphatic heterocycles. The molecule has 1 atom stereocenters. The Hall–Kier alpha value is -0.540. The van der Waals surface area contributed by atoms with Crippen molar-refractivity contribution in [2.45, 2.75) is 13.2 Å². The van der Waals surface area contributed by atoms with Crippen molar-refractivity contribution in [1.29, 1.82) is 0 Å². The van der Waals surface area contributed by atoms with Crippen molar-refractivity contribution < 1.29 is 14.2 Å². The maximum absolute atomic E-state index is 5.10. The Balaban J connectivity index is 3.29. The van der Waals surface area contributed by atoms with Gasteiger partial charge < -0.3 is 14.2 Å². The van der Waals surface area contributed by atoms with Crippen LogP contribution in [0.4, 0.5) is 0 Å². The predicted octanol–water partition coefficient (Wildman–Crippen LogP) is 1.16. The summed E-state index contributed by atoms with van der Waals surface area (Å²) in [6.45, 7) is 6.32. The van der Waals surface area contributed by atoms with Crippen molar-refractivity contribution in [3.8, 4) is 0 Å². The number of hydrogen-bond donors (Lipinski definition) is 0. The average molecular weight is 146 g/mol. The van der Waals surface area contributed by atoms with E-state index in [9.17, 15) is 0 Å². The Bertz CT molecular complexity index is 82.9. The van der Waals surface area contributed by atoms with Gasteiger partial charge in [-0.1, -0.05) is 6.58 Å². The smallest absolute Gasteiger partial charge is 0.191 e. The van der Waals surface area contributed by atoms with Gasteiger partial charge in [0.05, 0.1) is 6.26 Å². The van der Waals surface area contributed by atoms with Crippen LogP contribution in [0.15, 0.2) is 12.8 Å². The van der Waals surface area contributed by atoms with Crippen LogP contribution in [0.25, 0.3) is 0 Å². The third-order valence-corrected chi connectivity index (χ3v) is 0.966. The molecule has 0 aliphatic carbocycles. The van der Waals surface area contributed by atoms with Crippen molar-refractivity contribution in [1.82, 2.24) is 0 Å². The predicted molar refractivity (Wildman–Crippen MR) is 38.6 cm³/mol. The zero-order valence-corrected chi connectivity index (χ0v) is 6.50. The second-order valence-electron chi connectivity index (χ2n) is 1.62. The lowest BCUT2D eigenvalue weighted by Crippen LogP contribution is -2.20. The average Bonchev–Trinajstić information content (AvgIpc) is 1.98. The van der Waals surface area contributed by atoms with Gasteiger partial charge in [-0.25, -0.2) is 0 Å². The molecule has 10 heavy (non-hydrogen) atoms. The summed E-state index contributed by atoms with van der Waals surface area (Å²) >= 11 is 0. The van der Waals surface area contributed by atoms with Crippen LogP contribution in [-0.2, 0) is 14.2 Å². The van der Waals surface area contributed by atoms with E-state index in [0.717, 1.165) is 0 Å². The van der Waals surface area contributed by atoms with Gasteiger partial charge in [-0.05, 0) is 6.92 Å². The molecular weight excluding hydrogens is 132 g/mol. The lowest BCUT2D eigenvalue weighted by atomic mass is 10.6. The molecule has 1 unspecified atom stereocenters. The molecule has 0 radical (unpaired) electrons. The molecule has 0 aliphatic rings. The van der Waals surface area contributed by atoms with Gasteiger partial charge in [0.15, 0.2) is 6.29 Å². The van der Waals surface area contributed by atoms with Crippen LogP contribution in [0.5, 0.6) is 0 Å². The molecule has 0 spiro atoms. The standard InChI is InChI=1S/C7H14O3/c1-4-9-6-7(8-3)10-5-2/h4,7H,1,5-6H2,2-3H3. The monoisotopic (exact) mass is 146 g/mol. The molecule has 0 N–H and O–H groups in total. The molecule has 0 aromatic rings. The Morgan fingerprint density at radius 3 is 2.70 bits per heavy atom. The van der Waals surface area contributed by atoms with Gasteiger partial charge in [-0.2, -0.15) is 0 Å². The van der Waals surface area contributed by atoms with Crippen molar-refractivity contribution in [2.24, 2.45) is 0 Å². The summed E-state index contributed by atoms with van der Waals surface area (Å²) in [5.41, 5.74) is 0. The largest absolute Gasteiger partial charge is 0.497 e. The molecule has 0 fully saturated rings. The zero-order chi connectivity index (χ0) is 7.82. The molecule has 60 valence electrons. The van der Waals surface area contributed by atoms with E-state index in [1.54, 1.807) is 7.11 Å². The fourth-order valence-corrected chi connectivity index (χ4v) is 0.517. The number of hydrogen-bond acceptors (Lipinski definition) is 3. The summed E-state index contributed by atoms with van der Waals surface area (Å²) in [4.78, 5) is 0. The van der Waals surface area contributed by atoms with Crippen LogP contribution in [0.3, 0.4) is 0 Å². The van der Waals surface area contributed by atoms with E-state index in [-0.39, 0.29) is 6.29 Å². The maximum atomic E-state index is 5.10. The van der Waals surface area contributed by atoms with Gasteiger partial charge in [0, 0.05) is 13.7 Å². The van der Waals surface area contributed by atoms with Gasteiger partial charge >= 0.3 is 0 Å². The Kier molecular flexibility index (Phi) is 6.22. The van der Waals surface area contributed by atoms with Gasteiger partial charge in [0.2, 0.25) is 0 Å². The Morgan fingerprint density at radius 1 is 1.60 bits per heavy atom. The van der Waals surface area contributed by atoms with Gasteiger partial charge in [0.1, 0.15) is 6.61 Å². The number of methoxy groups -OCH3 is 1. The second kappa shape index (κ2) is 6.58. The van der Waals surface area contributed by atoms with Gasteiger partial charge in [-0.3, -0.25) is 0 Å². The fraction of sp³-hybridized carbons (Fsp3) is 0.714. The maximum Gasteiger partial charge on any atom is 0.191 e. The molecule has 3 nitrogen and oxygen atoms in total. The van der Waals surface area contributed by atoms with Gasteiger partial charge in [0.25, 0.3) is 0 Å². The van der Waals surface area contributed by atoms with E-state index >= 15 is 0 Å². The first-order valence-electron chi connectivity index (χ1n) is 3.22. The van der Waals surface area contributed by atoms with E-state index in [0.29, 0.717) is 13.2 Å². The molecule has 0 heterocycles.